The molecule has 1 aromatic heterocycles. The van der Waals surface area contributed by atoms with Crippen LogP contribution in [0.5, 0.6) is 5.75 Å². The number of nitrogens with one attached hydrogen (secondary N) is 2. The van der Waals surface area contributed by atoms with Crippen molar-refractivity contribution in [3.63, 3.8) is 0 Å². The Morgan fingerprint density at radius 2 is 1.90 bits per heavy atom. The largest absolute Gasteiger partial charge is 0.495 e. The van der Waals surface area contributed by atoms with Crippen molar-refractivity contribution < 1.29 is 9.53 Å². The van der Waals surface area contributed by atoms with Crippen LogP contribution in [-0.4, -0.2) is 62.2 Å². The fourth-order valence-corrected chi connectivity index (χ4v) is 4.47. The molecule has 0 atom stereocenters. The van der Waals surface area contributed by atoms with Crippen molar-refractivity contribution in [3.05, 3.63) is 58.7 Å². The maximum absolute atomic E-state index is 12.4. The number of aromatic nitrogens is 1. The molecule has 2 heterocycles. The molecule has 0 bridgehead atoms. The summed E-state index contributed by atoms with van der Waals surface area (Å²) in [5.41, 5.74) is 2.76. The molecule has 1 saturated heterocycles. The highest BCUT2D eigenvalue weighted by Gasteiger charge is 2.19. The molecule has 0 spiro atoms. The summed E-state index contributed by atoms with van der Waals surface area (Å²) in [6.07, 6.45) is 2.05. The van der Waals surface area contributed by atoms with Crippen LogP contribution in [0.3, 0.4) is 0 Å². The van der Waals surface area contributed by atoms with Gasteiger partial charge in [-0.3, -0.25) is 9.69 Å². The van der Waals surface area contributed by atoms with E-state index >= 15 is 0 Å². The van der Waals surface area contributed by atoms with Crippen molar-refractivity contribution in [2.75, 3.05) is 51.3 Å². The molecule has 1 amide bonds. The number of carbonyl (C=O) groups is 1. The van der Waals surface area contributed by atoms with Crippen molar-refractivity contribution in [3.8, 4) is 5.75 Å². The Bertz CT molecular complexity index is 1030. The first kappa shape index (κ1) is 21.7. The number of carbonyl (C=O) groups excluding carboxylic acids is 1. The number of para-hydroxylation sites is 2. The third-order valence-electron chi connectivity index (χ3n) is 5.81. The van der Waals surface area contributed by atoms with Gasteiger partial charge >= 0.3 is 0 Å². The number of hydrogen-bond acceptors (Lipinski definition) is 4. The van der Waals surface area contributed by atoms with Crippen LogP contribution in [0.25, 0.3) is 10.9 Å². The average molecular weight is 485 g/mol. The van der Waals surface area contributed by atoms with E-state index in [0.717, 1.165) is 66.7 Å². The molecule has 164 valence electrons. The highest BCUT2D eigenvalue weighted by Crippen LogP contribution is 2.28. The van der Waals surface area contributed by atoms with E-state index in [1.54, 1.807) is 7.11 Å². The lowest BCUT2D eigenvalue weighted by Crippen LogP contribution is -2.46. The van der Waals surface area contributed by atoms with Crippen molar-refractivity contribution >= 4 is 38.4 Å². The maximum atomic E-state index is 12.4. The number of piperazine rings is 1. The van der Waals surface area contributed by atoms with Crippen LogP contribution in [-0.2, 0) is 0 Å². The normalized spacial score (nSPS) is 14.7. The van der Waals surface area contributed by atoms with Gasteiger partial charge in [-0.1, -0.05) is 28.1 Å². The van der Waals surface area contributed by atoms with E-state index in [0.29, 0.717) is 12.2 Å². The average Bonchev–Trinajstić information content (AvgIpc) is 3.22. The molecule has 4 rings (SSSR count). The summed E-state index contributed by atoms with van der Waals surface area (Å²) in [7, 11) is 1.73. The lowest BCUT2D eigenvalue weighted by molar-refractivity contribution is 0.0948. The molecule has 2 N–H and O–H groups in total. The van der Waals surface area contributed by atoms with Crippen molar-refractivity contribution in [2.45, 2.75) is 12.8 Å². The van der Waals surface area contributed by atoms with Gasteiger partial charge in [-0.2, -0.15) is 0 Å². The van der Waals surface area contributed by atoms with Crippen LogP contribution >= 0.6 is 15.9 Å². The molecule has 7 heteroatoms. The summed E-state index contributed by atoms with van der Waals surface area (Å²) in [6.45, 7) is 5.88. The molecule has 0 saturated carbocycles. The zero-order valence-corrected chi connectivity index (χ0v) is 19.5. The van der Waals surface area contributed by atoms with Gasteiger partial charge in [-0.05, 0) is 55.8 Å². The Morgan fingerprint density at radius 1 is 1.10 bits per heavy atom. The van der Waals surface area contributed by atoms with E-state index in [4.69, 9.17) is 4.74 Å². The third kappa shape index (κ3) is 5.40. The summed E-state index contributed by atoms with van der Waals surface area (Å²) in [4.78, 5) is 20.5. The van der Waals surface area contributed by atoms with Gasteiger partial charge in [0.15, 0.2) is 0 Å². The van der Waals surface area contributed by atoms with E-state index in [9.17, 15) is 4.79 Å². The molecule has 0 unspecified atom stereocenters. The molecule has 2 aromatic carbocycles. The number of rotatable bonds is 8. The van der Waals surface area contributed by atoms with Crippen LogP contribution in [0.2, 0.25) is 0 Å². The van der Waals surface area contributed by atoms with E-state index < -0.39 is 0 Å². The number of aromatic amines is 1. The Balaban J connectivity index is 1.16. The van der Waals surface area contributed by atoms with Gasteiger partial charge < -0.3 is 19.9 Å². The number of ether oxygens (including phenoxy) is 1. The number of nitrogens with zero attached hydrogens (tertiary/aromatic N) is 2. The number of amides is 1. The second-order valence-corrected chi connectivity index (χ2v) is 8.79. The monoisotopic (exact) mass is 484 g/mol. The Labute approximate surface area is 191 Å². The lowest BCUT2D eigenvalue weighted by atomic mass is 10.2. The Morgan fingerprint density at radius 3 is 2.71 bits per heavy atom. The number of H-pyrrole nitrogens is 1. The van der Waals surface area contributed by atoms with Crippen LogP contribution in [0.4, 0.5) is 5.69 Å². The third-order valence-corrected chi connectivity index (χ3v) is 6.31. The first-order chi connectivity index (χ1) is 15.1. The zero-order valence-electron chi connectivity index (χ0n) is 17.9. The summed E-state index contributed by atoms with van der Waals surface area (Å²) in [5.74, 6) is 0.895. The van der Waals surface area contributed by atoms with Gasteiger partial charge in [0.05, 0.1) is 12.8 Å². The molecule has 0 aliphatic carbocycles. The molecule has 3 aromatic rings. The fourth-order valence-electron chi connectivity index (χ4n) is 4.09. The lowest BCUT2D eigenvalue weighted by Gasteiger charge is -2.36. The molecule has 0 radical (unpaired) electrons. The molecule has 31 heavy (non-hydrogen) atoms. The smallest absolute Gasteiger partial charge is 0.267 e. The van der Waals surface area contributed by atoms with Gasteiger partial charge in [0.2, 0.25) is 0 Å². The van der Waals surface area contributed by atoms with Crippen LogP contribution in [0.15, 0.2) is 53.0 Å². The predicted octanol–water partition coefficient (Wildman–Crippen LogP) is 4.27. The number of hydrogen-bond donors (Lipinski definition) is 2. The standard InChI is InChI=1S/C24H29BrN4O2/c1-31-23-7-3-2-6-22(23)29-14-12-28(13-15-29)11-5-4-10-26-24(30)21-17-18-16-19(25)8-9-20(18)27-21/h2-3,6-9,16-17,27H,4-5,10-15H2,1H3,(H,26,30). The number of unbranched alkanes of at least 4 members (excludes halogenated alkanes) is 1. The molecular formula is C24H29BrN4O2. The highest BCUT2D eigenvalue weighted by molar-refractivity contribution is 9.10. The minimum atomic E-state index is -0.0438. The Kier molecular flexibility index (Phi) is 7.14. The van der Waals surface area contributed by atoms with E-state index in [1.165, 1.54) is 5.69 Å². The quantitative estimate of drug-likeness (QED) is 0.468. The molecule has 1 aliphatic rings. The molecular weight excluding hydrogens is 456 g/mol. The number of halogens is 1. The molecule has 1 fully saturated rings. The number of benzene rings is 2. The predicted molar refractivity (Wildman–Crippen MR) is 129 cm³/mol. The second-order valence-electron chi connectivity index (χ2n) is 7.88. The number of anilines is 1. The summed E-state index contributed by atoms with van der Waals surface area (Å²) >= 11 is 3.47. The van der Waals surface area contributed by atoms with Gasteiger partial charge in [-0.15, -0.1) is 0 Å². The minimum Gasteiger partial charge on any atom is -0.495 e. The van der Waals surface area contributed by atoms with Gasteiger partial charge in [0.1, 0.15) is 11.4 Å². The molecule has 6 nitrogen and oxygen atoms in total. The summed E-state index contributed by atoms with van der Waals surface area (Å²) < 4.78 is 6.51. The Hall–Kier alpha value is -2.51. The van der Waals surface area contributed by atoms with Gasteiger partial charge in [0, 0.05) is 48.1 Å². The van der Waals surface area contributed by atoms with Crippen molar-refractivity contribution in [1.82, 2.24) is 15.2 Å². The first-order valence-electron chi connectivity index (χ1n) is 10.8. The molecule has 1 aliphatic heterocycles. The second kappa shape index (κ2) is 10.2. The highest BCUT2D eigenvalue weighted by atomic mass is 79.9. The van der Waals surface area contributed by atoms with E-state index in [1.807, 2.05) is 36.4 Å². The SMILES string of the molecule is COc1ccccc1N1CCN(CCCCNC(=O)c2cc3cc(Br)ccc3[nH]2)CC1. The summed E-state index contributed by atoms with van der Waals surface area (Å²) in [6, 6.07) is 16.1. The number of methoxy groups -OCH3 is 1. The van der Waals surface area contributed by atoms with E-state index in [2.05, 4.69) is 48.2 Å². The minimum absolute atomic E-state index is 0.0438. The van der Waals surface area contributed by atoms with Crippen LogP contribution in [0.1, 0.15) is 23.3 Å². The van der Waals surface area contributed by atoms with E-state index in [-0.39, 0.29) is 5.91 Å². The topological polar surface area (TPSA) is 60.6 Å². The van der Waals surface area contributed by atoms with Crippen molar-refractivity contribution in [2.24, 2.45) is 0 Å². The van der Waals surface area contributed by atoms with Crippen molar-refractivity contribution in [1.29, 1.82) is 0 Å². The fraction of sp³-hybridized carbons (Fsp3) is 0.375. The zero-order chi connectivity index (χ0) is 21.6. The first-order valence-corrected chi connectivity index (χ1v) is 11.6. The summed E-state index contributed by atoms with van der Waals surface area (Å²) in [5, 5.41) is 4.06. The van der Waals surface area contributed by atoms with Crippen LogP contribution in [0, 0.1) is 0 Å². The number of fused-ring (bicyclic) bond motifs is 1. The van der Waals surface area contributed by atoms with Crippen LogP contribution < -0.4 is 15.0 Å². The van der Waals surface area contributed by atoms with Gasteiger partial charge in [-0.25, -0.2) is 0 Å². The van der Waals surface area contributed by atoms with Gasteiger partial charge in [0.25, 0.3) is 5.91 Å². The maximum Gasteiger partial charge on any atom is 0.267 e.